The maximum absolute atomic E-state index is 3.80. The predicted molar refractivity (Wildman–Crippen MR) is 76.7 cm³/mol. The SMILES string of the molecule is CC1CCCC(C2NCCC2c2ccccc2)C1. The molecule has 1 heteroatoms. The van der Waals surface area contributed by atoms with Crippen LogP contribution in [-0.2, 0) is 0 Å². The van der Waals surface area contributed by atoms with Crippen molar-refractivity contribution in [3.63, 3.8) is 0 Å². The Hall–Kier alpha value is -0.820. The highest BCUT2D eigenvalue weighted by molar-refractivity contribution is 5.23. The quantitative estimate of drug-likeness (QED) is 0.829. The molecule has 1 nitrogen and oxygen atoms in total. The van der Waals surface area contributed by atoms with Crippen molar-refractivity contribution in [3.8, 4) is 0 Å². The van der Waals surface area contributed by atoms with Crippen molar-refractivity contribution in [1.82, 2.24) is 5.32 Å². The van der Waals surface area contributed by atoms with Crippen molar-refractivity contribution in [1.29, 1.82) is 0 Å². The molecular formula is C17H25N. The van der Waals surface area contributed by atoms with Crippen LogP contribution in [0.4, 0.5) is 0 Å². The Bertz CT molecular complexity index is 372. The lowest BCUT2D eigenvalue weighted by Gasteiger charge is -2.34. The first-order chi connectivity index (χ1) is 8.84. The van der Waals surface area contributed by atoms with Crippen LogP contribution >= 0.6 is 0 Å². The summed E-state index contributed by atoms with van der Waals surface area (Å²) in [6.07, 6.45) is 7.07. The molecule has 1 saturated heterocycles. The van der Waals surface area contributed by atoms with Crippen molar-refractivity contribution >= 4 is 0 Å². The third-order valence-corrected chi connectivity index (χ3v) is 4.98. The van der Waals surface area contributed by atoms with Gasteiger partial charge in [0.25, 0.3) is 0 Å². The van der Waals surface area contributed by atoms with E-state index in [1.807, 2.05) is 0 Å². The number of hydrogen-bond donors (Lipinski definition) is 1. The first-order valence-electron chi connectivity index (χ1n) is 7.63. The minimum atomic E-state index is 0.732. The Morgan fingerprint density at radius 3 is 2.67 bits per heavy atom. The second kappa shape index (κ2) is 5.44. The molecule has 4 unspecified atom stereocenters. The minimum Gasteiger partial charge on any atom is -0.313 e. The zero-order valence-corrected chi connectivity index (χ0v) is 11.4. The Kier molecular flexibility index (Phi) is 3.69. The van der Waals surface area contributed by atoms with E-state index in [4.69, 9.17) is 0 Å². The van der Waals surface area contributed by atoms with Gasteiger partial charge in [0.15, 0.2) is 0 Å². The second-order valence-electron chi connectivity index (χ2n) is 6.32. The summed E-state index contributed by atoms with van der Waals surface area (Å²) >= 11 is 0. The van der Waals surface area contributed by atoms with E-state index in [1.165, 1.54) is 38.6 Å². The van der Waals surface area contributed by atoms with Gasteiger partial charge in [0.2, 0.25) is 0 Å². The molecule has 0 bridgehead atoms. The minimum absolute atomic E-state index is 0.732. The molecule has 1 N–H and O–H groups in total. The molecular weight excluding hydrogens is 218 g/mol. The topological polar surface area (TPSA) is 12.0 Å². The van der Waals surface area contributed by atoms with E-state index in [-0.39, 0.29) is 0 Å². The molecule has 18 heavy (non-hydrogen) atoms. The van der Waals surface area contributed by atoms with E-state index >= 15 is 0 Å². The van der Waals surface area contributed by atoms with E-state index in [9.17, 15) is 0 Å². The first-order valence-corrected chi connectivity index (χ1v) is 7.63. The fourth-order valence-corrected chi connectivity index (χ4v) is 4.10. The molecule has 2 aliphatic rings. The van der Waals surface area contributed by atoms with Gasteiger partial charge >= 0.3 is 0 Å². The largest absolute Gasteiger partial charge is 0.313 e. The van der Waals surface area contributed by atoms with Gasteiger partial charge in [-0.1, -0.05) is 50.1 Å². The fourth-order valence-electron chi connectivity index (χ4n) is 4.10. The van der Waals surface area contributed by atoms with Gasteiger partial charge in [0.1, 0.15) is 0 Å². The van der Waals surface area contributed by atoms with Crippen molar-refractivity contribution in [2.75, 3.05) is 6.54 Å². The highest BCUT2D eigenvalue weighted by atomic mass is 15.0. The van der Waals surface area contributed by atoms with Gasteiger partial charge in [-0.3, -0.25) is 0 Å². The normalized spacial score (nSPS) is 36.7. The van der Waals surface area contributed by atoms with Crippen molar-refractivity contribution < 1.29 is 0 Å². The van der Waals surface area contributed by atoms with Crippen LogP contribution in [0.15, 0.2) is 30.3 Å². The van der Waals surface area contributed by atoms with E-state index in [0.29, 0.717) is 0 Å². The third-order valence-electron chi connectivity index (χ3n) is 4.98. The van der Waals surface area contributed by atoms with Crippen molar-refractivity contribution in [2.45, 2.75) is 51.0 Å². The van der Waals surface area contributed by atoms with Crippen molar-refractivity contribution in [3.05, 3.63) is 35.9 Å². The van der Waals surface area contributed by atoms with Gasteiger partial charge in [-0.05, 0) is 43.2 Å². The van der Waals surface area contributed by atoms with E-state index in [1.54, 1.807) is 5.56 Å². The van der Waals surface area contributed by atoms with Crippen LogP contribution < -0.4 is 5.32 Å². The second-order valence-corrected chi connectivity index (χ2v) is 6.32. The van der Waals surface area contributed by atoms with Gasteiger partial charge in [0, 0.05) is 12.0 Å². The molecule has 1 aliphatic carbocycles. The molecule has 3 rings (SSSR count). The molecule has 1 saturated carbocycles. The Labute approximate surface area is 111 Å². The molecule has 1 aromatic carbocycles. The summed E-state index contributed by atoms with van der Waals surface area (Å²) in [5, 5.41) is 3.80. The summed E-state index contributed by atoms with van der Waals surface area (Å²) in [5.74, 6) is 2.59. The Morgan fingerprint density at radius 2 is 1.89 bits per heavy atom. The first kappa shape index (κ1) is 12.2. The molecule has 0 aromatic heterocycles. The lowest BCUT2D eigenvalue weighted by Crippen LogP contribution is -2.36. The molecule has 1 aliphatic heterocycles. The van der Waals surface area contributed by atoms with Crippen LogP contribution in [0, 0.1) is 11.8 Å². The number of hydrogen-bond acceptors (Lipinski definition) is 1. The highest BCUT2D eigenvalue weighted by Crippen LogP contribution is 2.39. The van der Waals surface area contributed by atoms with Gasteiger partial charge in [-0.25, -0.2) is 0 Å². The highest BCUT2D eigenvalue weighted by Gasteiger charge is 2.35. The molecule has 98 valence electrons. The Balaban J connectivity index is 1.75. The molecule has 2 fully saturated rings. The van der Waals surface area contributed by atoms with Crippen LogP contribution in [0.5, 0.6) is 0 Å². The maximum atomic E-state index is 3.80. The molecule has 4 atom stereocenters. The van der Waals surface area contributed by atoms with Gasteiger partial charge < -0.3 is 5.32 Å². The lowest BCUT2D eigenvalue weighted by atomic mass is 9.74. The zero-order valence-electron chi connectivity index (χ0n) is 11.4. The third kappa shape index (κ3) is 2.47. The number of nitrogens with one attached hydrogen (secondary N) is 1. The summed E-state index contributed by atoms with van der Waals surface area (Å²) in [6.45, 7) is 3.63. The number of rotatable bonds is 2. The fraction of sp³-hybridized carbons (Fsp3) is 0.647. The average Bonchev–Trinajstić information content (AvgIpc) is 2.89. The van der Waals surface area contributed by atoms with Crippen LogP contribution in [0.2, 0.25) is 0 Å². The van der Waals surface area contributed by atoms with E-state index < -0.39 is 0 Å². The predicted octanol–water partition coefficient (Wildman–Crippen LogP) is 3.96. The van der Waals surface area contributed by atoms with Crippen molar-refractivity contribution in [2.24, 2.45) is 11.8 Å². The van der Waals surface area contributed by atoms with Crippen LogP contribution in [0.3, 0.4) is 0 Å². The lowest BCUT2D eigenvalue weighted by molar-refractivity contribution is 0.224. The van der Waals surface area contributed by atoms with Crippen LogP contribution in [0.1, 0.15) is 50.5 Å². The number of benzene rings is 1. The molecule has 0 amide bonds. The molecule has 0 radical (unpaired) electrons. The van der Waals surface area contributed by atoms with Crippen LogP contribution in [0.25, 0.3) is 0 Å². The summed E-state index contributed by atoms with van der Waals surface area (Å²) in [6, 6.07) is 11.9. The maximum Gasteiger partial charge on any atom is 0.0165 e. The molecule has 1 heterocycles. The van der Waals surface area contributed by atoms with E-state index in [2.05, 4.69) is 42.6 Å². The summed E-state index contributed by atoms with van der Waals surface area (Å²) in [4.78, 5) is 0. The zero-order chi connectivity index (χ0) is 12.4. The summed E-state index contributed by atoms with van der Waals surface area (Å²) in [5.41, 5.74) is 1.55. The Morgan fingerprint density at radius 1 is 1.06 bits per heavy atom. The molecule has 1 aromatic rings. The van der Waals surface area contributed by atoms with Gasteiger partial charge in [-0.15, -0.1) is 0 Å². The average molecular weight is 243 g/mol. The van der Waals surface area contributed by atoms with E-state index in [0.717, 1.165) is 23.8 Å². The molecule has 0 spiro atoms. The monoisotopic (exact) mass is 243 g/mol. The smallest absolute Gasteiger partial charge is 0.0165 e. The van der Waals surface area contributed by atoms with Gasteiger partial charge in [0.05, 0.1) is 0 Å². The van der Waals surface area contributed by atoms with Crippen LogP contribution in [-0.4, -0.2) is 12.6 Å². The summed E-state index contributed by atoms with van der Waals surface area (Å²) < 4.78 is 0. The standard InChI is InChI=1S/C17H25N/c1-13-6-5-9-15(12-13)17-16(10-11-18-17)14-7-3-2-4-8-14/h2-4,7-8,13,15-18H,5-6,9-12H2,1H3. The summed E-state index contributed by atoms with van der Waals surface area (Å²) in [7, 11) is 0. The van der Waals surface area contributed by atoms with Gasteiger partial charge in [-0.2, -0.15) is 0 Å².